The lowest BCUT2D eigenvalue weighted by molar-refractivity contribution is 0.636. The third-order valence-electron chi connectivity index (χ3n) is 2.47. The lowest BCUT2D eigenvalue weighted by Crippen LogP contribution is -1.96. The Morgan fingerprint density at radius 2 is 2.21 bits per heavy atom. The summed E-state index contributed by atoms with van der Waals surface area (Å²) < 4.78 is 15.3. The van der Waals surface area contributed by atoms with Crippen LogP contribution in [0.5, 0.6) is 0 Å². The smallest absolute Gasteiger partial charge is 0.134 e. The quantitative estimate of drug-likeness (QED) is 0.745. The first-order valence-corrected chi connectivity index (χ1v) is 4.45. The van der Waals surface area contributed by atoms with Crippen molar-refractivity contribution in [1.29, 1.82) is 0 Å². The van der Waals surface area contributed by atoms with Gasteiger partial charge in [0, 0.05) is 19.3 Å². The number of fused-ring (bicyclic) bond motifs is 1. The molecule has 1 aromatic carbocycles. The van der Waals surface area contributed by atoms with Gasteiger partial charge in [-0.3, -0.25) is 4.68 Å². The molecule has 0 unspecified atom stereocenters. The highest BCUT2D eigenvalue weighted by Crippen LogP contribution is 2.22. The summed E-state index contributed by atoms with van der Waals surface area (Å²) in [4.78, 5) is 0. The molecule has 0 saturated heterocycles. The zero-order valence-electron chi connectivity index (χ0n) is 8.21. The molecule has 0 bridgehead atoms. The largest absolute Gasteiger partial charge is 0.326 e. The van der Waals surface area contributed by atoms with Crippen LogP contribution in [0.4, 0.5) is 4.39 Å². The zero-order chi connectivity index (χ0) is 10.3. The molecular weight excluding hydrogens is 181 g/mol. The molecule has 0 fully saturated rings. The van der Waals surface area contributed by atoms with E-state index in [0.29, 0.717) is 17.4 Å². The summed E-state index contributed by atoms with van der Waals surface area (Å²) in [5.74, 6) is -0.242. The Morgan fingerprint density at radius 1 is 1.50 bits per heavy atom. The molecule has 2 N–H and O–H groups in total. The molecule has 0 radical (unpaired) electrons. The highest BCUT2D eigenvalue weighted by molar-refractivity contribution is 5.82. The molecule has 0 amide bonds. The van der Waals surface area contributed by atoms with Gasteiger partial charge in [0.05, 0.1) is 10.9 Å². The fraction of sp³-hybridized carbons (Fsp3) is 0.300. The molecule has 14 heavy (non-hydrogen) atoms. The van der Waals surface area contributed by atoms with Crippen molar-refractivity contribution in [2.45, 2.75) is 13.5 Å². The van der Waals surface area contributed by atoms with Crippen LogP contribution >= 0.6 is 0 Å². The maximum atomic E-state index is 13.6. The number of rotatable bonds is 1. The summed E-state index contributed by atoms with van der Waals surface area (Å²) in [5, 5.41) is 4.79. The predicted octanol–water partition coefficient (Wildman–Crippen LogP) is 1.48. The van der Waals surface area contributed by atoms with E-state index in [9.17, 15) is 4.39 Å². The topological polar surface area (TPSA) is 43.8 Å². The van der Waals surface area contributed by atoms with Gasteiger partial charge in [-0.1, -0.05) is 0 Å². The number of aromatic nitrogens is 2. The number of hydrogen-bond donors (Lipinski definition) is 1. The van der Waals surface area contributed by atoms with Gasteiger partial charge in [-0.25, -0.2) is 4.39 Å². The Bertz CT molecular complexity index is 488. The van der Waals surface area contributed by atoms with Gasteiger partial charge in [0.2, 0.25) is 0 Å². The third kappa shape index (κ3) is 1.19. The van der Waals surface area contributed by atoms with E-state index in [1.54, 1.807) is 11.7 Å². The standard InChI is InChI=1S/C10H12FN3/c1-6-10-8(11)3-7(5-12)4-9(10)13-14(6)2/h3-4H,5,12H2,1-2H3. The molecule has 2 rings (SSSR count). The second kappa shape index (κ2) is 3.06. The summed E-state index contributed by atoms with van der Waals surface area (Å²) in [7, 11) is 1.80. The van der Waals surface area contributed by atoms with E-state index in [2.05, 4.69) is 5.10 Å². The van der Waals surface area contributed by atoms with Gasteiger partial charge in [0.25, 0.3) is 0 Å². The number of benzene rings is 1. The minimum absolute atomic E-state index is 0.242. The average molecular weight is 193 g/mol. The molecule has 3 nitrogen and oxygen atoms in total. The third-order valence-corrected chi connectivity index (χ3v) is 2.47. The Morgan fingerprint density at radius 3 is 2.86 bits per heavy atom. The van der Waals surface area contributed by atoms with E-state index >= 15 is 0 Å². The van der Waals surface area contributed by atoms with Crippen molar-refractivity contribution in [2.75, 3.05) is 0 Å². The van der Waals surface area contributed by atoms with Crippen molar-refractivity contribution in [1.82, 2.24) is 9.78 Å². The number of hydrogen-bond acceptors (Lipinski definition) is 2. The summed E-state index contributed by atoms with van der Waals surface area (Å²) >= 11 is 0. The Balaban J connectivity index is 2.83. The van der Waals surface area contributed by atoms with Crippen molar-refractivity contribution in [3.63, 3.8) is 0 Å². The maximum Gasteiger partial charge on any atom is 0.134 e. The van der Waals surface area contributed by atoms with Gasteiger partial charge in [-0.15, -0.1) is 0 Å². The van der Waals surface area contributed by atoms with Crippen molar-refractivity contribution < 1.29 is 4.39 Å². The second-order valence-corrected chi connectivity index (χ2v) is 3.38. The van der Waals surface area contributed by atoms with Gasteiger partial charge >= 0.3 is 0 Å². The molecule has 4 heteroatoms. The highest BCUT2D eigenvalue weighted by Gasteiger charge is 2.10. The van der Waals surface area contributed by atoms with E-state index in [1.807, 2.05) is 13.0 Å². The molecule has 1 heterocycles. The van der Waals surface area contributed by atoms with E-state index in [0.717, 1.165) is 11.3 Å². The Labute approximate surface area is 81.3 Å². The van der Waals surface area contributed by atoms with Crippen LogP contribution in [0, 0.1) is 12.7 Å². The van der Waals surface area contributed by atoms with Crippen LogP contribution in [-0.2, 0) is 13.6 Å². The van der Waals surface area contributed by atoms with E-state index in [-0.39, 0.29) is 5.82 Å². The van der Waals surface area contributed by atoms with Crippen molar-refractivity contribution in [2.24, 2.45) is 12.8 Å². The van der Waals surface area contributed by atoms with Gasteiger partial charge in [0.15, 0.2) is 0 Å². The number of aryl methyl sites for hydroxylation is 2. The second-order valence-electron chi connectivity index (χ2n) is 3.38. The molecule has 0 saturated carbocycles. The SMILES string of the molecule is Cc1c2c(F)cc(CN)cc2nn1C. The zero-order valence-corrected chi connectivity index (χ0v) is 8.21. The fourth-order valence-electron chi connectivity index (χ4n) is 1.60. The van der Waals surface area contributed by atoms with Gasteiger partial charge in [0.1, 0.15) is 5.82 Å². The predicted molar refractivity (Wildman–Crippen MR) is 53.3 cm³/mol. The van der Waals surface area contributed by atoms with Crippen LogP contribution in [0.15, 0.2) is 12.1 Å². The minimum Gasteiger partial charge on any atom is -0.326 e. The molecule has 0 aliphatic heterocycles. The lowest BCUT2D eigenvalue weighted by atomic mass is 10.1. The van der Waals surface area contributed by atoms with Crippen LogP contribution in [0.2, 0.25) is 0 Å². The van der Waals surface area contributed by atoms with Crippen molar-refractivity contribution in [3.8, 4) is 0 Å². The Hall–Kier alpha value is -1.42. The van der Waals surface area contributed by atoms with Gasteiger partial charge in [-0.2, -0.15) is 5.10 Å². The summed E-state index contributed by atoms with van der Waals surface area (Å²) in [5.41, 5.74) is 7.73. The van der Waals surface area contributed by atoms with Crippen LogP contribution in [0.1, 0.15) is 11.3 Å². The average Bonchev–Trinajstić information content (AvgIpc) is 2.43. The summed E-state index contributed by atoms with van der Waals surface area (Å²) in [6, 6.07) is 3.29. The number of nitrogens with zero attached hydrogens (tertiary/aromatic N) is 2. The molecule has 2 aromatic rings. The molecule has 0 aliphatic rings. The molecule has 1 aromatic heterocycles. The maximum absolute atomic E-state index is 13.6. The first-order chi connectivity index (χ1) is 6.63. The first-order valence-electron chi connectivity index (χ1n) is 4.45. The fourth-order valence-corrected chi connectivity index (χ4v) is 1.60. The molecule has 74 valence electrons. The van der Waals surface area contributed by atoms with E-state index in [4.69, 9.17) is 5.73 Å². The number of halogens is 1. The van der Waals surface area contributed by atoms with Crippen molar-refractivity contribution >= 4 is 10.9 Å². The van der Waals surface area contributed by atoms with Crippen LogP contribution in [0.25, 0.3) is 10.9 Å². The Kier molecular flexibility index (Phi) is 2.00. The molecule has 0 spiro atoms. The molecule has 0 atom stereocenters. The van der Waals surface area contributed by atoms with E-state index in [1.165, 1.54) is 6.07 Å². The van der Waals surface area contributed by atoms with Crippen LogP contribution < -0.4 is 5.73 Å². The number of nitrogens with two attached hydrogens (primary N) is 1. The summed E-state index contributed by atoms with van der Waals surface area (Å²) in [6.07, 6.45) is 0. The van der Waals surface area contributed by atoms with Crippen LogP contribution in [0.3, 0.4) is 0 Å². The van der Waals surface area contributed by atoms with Crippen molar-refractivity contribution in [3.05, 3.63) is 29.2 Å². The summed E-state index contributed by atoms with van der Waals surface area (Å²) in [6.45, 7) is 2.18. The normalized spacial score (nSPS) is 11.1. The van der Waals surface area contributed by atoms with Gasteiger partial charge in [-0.05, 0) is 24.6 Å². The first kappa shape index (κ1) is 9.15. The van der Waals surface area contributed by atoms with Gasteiger partial charge < -0.3 is 5.73 Å². The monoisotopic (exact) mass is 193 g/mol. The highest BCUT2D eigenvalue weighted by atomic mass is 19.1. The molecular formula is C10H12FN3. The minimum atomic E-state index is -0.242. The van der Waals surface area contributed by atoms with E-state index < -0.39 is 0 Å². The lowest BCUT2D eigenvalue weighted by Gasteiger charge is -1.98. The molecule has 0 aliphatic carbocycles. The van der Waals surface area contributed by atoms with Crippen LogP contribution in [-0.4, -0.2) is 9.78 Å².